The minimum Gasteiger partial charge on any atom is -0.334 e. The summed E-state index contributed by atoms with van der Waals surface area (Å²) in [6, 6.07) is 7.38. The summed E-state index contributed by atoms with van der Waals surface area (Å²) in [6.45, 7) is 10.00. The van der Waals surface area contributed by atoms with Crippen molar-refractivity contribution in [2.24, 2.45) is 0 Å². The van der Waals surface area contributed by atoms with Crippen LogP contribution in [0.1, 0.15) is 36.3 Å². The number of hydrogen-bond acceptors (Lipinski definition) is 7. The van der Waals surface area contributed by atoms with E-state index in [0.29, 0.717) is 24.8 Å². The first-order chi connectivity index (χ1) is 14.5. The third-order valence-electron chi connectivity index (χ3n) is 5.05. The first kappa shape index (κ1) is 20.5. The minimum atomic E-state index is -0.0770. The summed E-state index contributed by atoms with van der Waals surface area (Å²) in [6.07, 6.45) is 0. The fourth-order valence-corrected chi connectivity index (χ4v) is 3.91. The SMILES string of the molecule is Cc1nc(CN2CCN(C(=O)Nc3ccc(-c4nc(C(C)C)no4)cc3)CC2)cs1. The van der Waals surface area contributed by atoms with Crippen LogP contribution in [-0.4, -0.2) is 57.1 Å². The molecule has 2 amide bonds. The zero-order chi connectivity index (χ0) is 21.1. The first-order valence-electron chi connectivity index (χ1n) is 10.1. The first-order valence-corrected chi connectivity index (χ1v) is 11.0. The Morgan fingerprint density at radius 2 is 1.90 bits per heavy atom. The Morgan fingerprint density at radius 1 is 1.17 bits per heavy atom. The Bertz CT molecular complexity index is 989. The molecule has 30 heavy (non-hydrogen) atoms. The lowest BCUT2D eigenvalue weighted by Gasteiger charge is -2.34. The van der Waals surface area contributed by atoms with Gasteiger partial charge < -0.3 is 14.7 Å². The number of aromatic nitrogens is 3. The molecule has 1 N–H and O–H groups in total. The summed E-state index contributed by atoms with van der Waals surface area (Å²) >= 11 is 1.68. The zero-order valence-corrected chi connectivity index (χ0v) is 18.3. The predicted molar refractivity (Wildman–Crippen MR) is 117 cm³/mol. The summed E-state index contributed by atoms with van der Waals surface area (Å²) in [5.41, 5.74) is 2.68. The number of carbonyl (C=O) groups excluding carboxylic acids is 1. The number of aryl methyl sites for hydroxylation is 1. The van der Waals surface area contributed by atoms with Crippen molar-refractivity contribution in [1.82, 2.24) is 24.9 Å². The summed E-state index contributed by atoms with van der Waals surface area (Å²) in [5.74, 6) is 1.39. The molecule has 0 bridgehead atoms. The molecule has 0 aliphatic carbocycles. The molecule has 8 nitrogen and oxygen atoms in total. The monoisotopic (exact) mass is 426 g/mol. The number of rotatable bonds is 5. The lowest BCUT2D eigenvalue weighted by Crippen LogP contribution is -2.49. The Balaban J connectivity index is 1.28. The number of amides is 2. The van der Waals surface area contributed by atoms with Crippen molar-refractivity contribution in [2.75, 3.05) is 31.5 Å². The van der Waals surface area contributed by atoms with E-state index < -0.39 is 0 Å². The number of carbonyl (C=O) groups is 1. The van der Waals surface area contributed by atoms with Crippen LogP contribution >= 0.6 is 11.3 Å². The van der Waals surface area contributed by atoms with Crippen LogP contribution in [-0.2, 0) is 6.54 Å². The highest BCUT2D eigenvalue weighted by Gasteiger charge is 2.22. The molecule has 2 aromatic heterocycles. The third kappa shape index (κ3) is 4.85. The highest BCUT2D eigenvalue weighted by atomic mass is 32.1. The van der Waals surface area contributed by atoms with Crippen LogP contribution in [0.2, 0.25) is 0 Å². The van der Waals surface area contributed by atoms with Crippen molar-refractivity contribution in [3.05, 3.63) is 46.2 Å². The van der Waals surface area contributed by atoms with Crippen LogP contribution < -0.4 is 5.32 Å². The molecule has 4 rings (SSSR count). The van der Waals surface area contributed by atoms with Gasteiger partial charge in [0, 0.05) is 55.3 Å². The van der Waals surface area contributed by atoms with Gasteiger partial charge >= 0.3 is 6.03 Å². The van der Waals surface area contributed by atoms with E-state index in [2.05, 4.69) is 30.7 Å². The fraction of sp³-hybridized carbons (Fsp3) is 0.429. The summed E-state index contributed by atoms with van der Waals surface area (Å²) in [5, 5.41) is 10.2. The van der Waals surface area contributed by atoms with Crippen LogP contribution in [0.4, 0.5) is 10.5 Å². The maximum Gasteiger partial charge on any atom is 0.321 e. The largest absolute Gasteiger partial charge is 0.334 e. The van der Waals surface area contributed by atoms with Gasteiger partial charge in [-0.25, -0.2) is 9.78 Å². The van der Waals surface area contributed by atoms with Crippen LogP contribution in [0.3, 0.4) is 0 Å². The highest BCUT2D eigenvalue weighted by Crippen LogP contribution is 2.22. The number of hydrogen-bond donors (Lipinski definition) is 1. The van der Waals surface area contributed by atoms with Gasteiger partial charge in [0.25, 0.3) is 5.89 Å². The second-order valence-corrected chi connectivity index (χ2v) is 8.80. The molecule has 3 aromatic rings. The molecule has 1 aliphatic heterocycles. The molecule has 0 unspecified atom stereocenters. The standard InChI is InChI=1S/C21H26N6O2S/c1-14(2)19-24-20(29-25-19)16-4-6-17(7-5-16)23-21(28)27-10-8-26(9-11-27)12-18-13-30-15(3)22-18/h4-7,13-14H,8-12H2,1-3H3,(H,23,28). The maximum absolute atomic E-state index is 12.6. The number of anilines is 1. The molecule has 1 aliphatic rings. The zero-order valence-electron chi connectivity index (χ0n) is 17.5. The fourth-order valence-electron chi connectivity index (χ4n) is 3.30. The topological polar surface area (TPSA) is 87.4 Å². The highest BCUT2D eigenvalue weighted by molar-refractivity contribution is 7.09. The van der Waals surface area contributed by atoms with E-state index in [1.165, 1.54) is 0 Å². The minimum absolute atomic E-state index is 0.0770. The Labute approximate surface area is 179 Å². The molecular weight excluding hydrogens is 400 g/mol. The predicted octanol–water partition coefficient (Wildman–Crippen LogP) is 3.97. The average Bonchev–Trinajstić information content (AvgIpc) is 3.38. The normalized spacial score (nSPS) is 15.0. The molecule has 0 radical (unpaired) electrons. The summed E-state index contributed by atoms with van der Waals surface area (Å²) in [4.78, 5) is 25.7. The Hall–Kier alpha value is -2.78. The number of urea groups is 1. The molecule has 1 fully saturated rings. The van der Waals surface area contributed by atoms with Crippen LogP contribution in [0.5, 0.6) is 0 Å². The lowest BCUT2D eigenvalue weighted by molar-refractivity contribution is 0.142. The molecule has 0 spiro atoms. The second kappa shape index (κ2) is 8.93. The van der Waals surface area contributed by atoms with E-state index >= 15 is 0 Å². The van der Waals surface area contributed by atoms with E-state index in [4.69, 9.17) is 4.52 Å². The Kier molecular flexibility index (Phi) is 6.10. The van der Waals surface area contributed by atoms with Gasteiger partial charge in [0.1, 0.15) is 0 Å². The van der Waals surface area contributed by atoms with Gasteiger partial charge in [-0.1, -0.05) is 19.0 Å². The van der Waals surface area contributed by atoms with Gasteiger partial charge in [-0.3, -0.25) is 4.90 Å². The third-order valence-corrected chi connectivity index (χ3v) is 5.88. The van der Waals surface area contributed by atoms with E-state index in [9.17, 15) is 4.79 Å². The number of thiazole rings is 1. The quantitative estimate of drug-likeness (QED) is 0.664. The van der Waals surface area contributed by atoms with Gasteiger partial charge in [0.05, 0.1) is 10.7 Å². The van der Waals surface area contributed by atoms with Crippen molar-refractivity contribution >= 4 is 23.1 Å². The number of nitrogens with one attached hydrogen (secondary N) is 1. The molecule has 1 saturated heterocycles. The van der Waals surface area contributed by atoms with Crippen molar-refractivity contribution in [2.45, 2.75) is 33.2 Å². The Morgan fingerprint density at radius 3 is 2.50 bits per heavy atom. The van der Waals surface area contributed by atoms with E-state index in [0.717, 1.165) is 41.6 Å². The molecule has 9 heteroatoms. The number of benzene rings is 1. The second-order valence-electron chi connectivity index (χ2n) is 7.74. The smallest absolute Gasteiger partial charge is 0.321 e. The van der Waals surface area contributed by atoms with Gasteiger partial charge in [-0.15, -0.1) is 11.3 Å². The van der Waals surface area contributed by atoms with Crippen LogP contribution in [0, 0.1) is 6.92 Å². The van der Waals surface area contributed by atoms with Crippen LogP contribution in [0.25, 0.3) is 11.5 Å². The van der Waals surface area contributed by atoms with Gasteiger partial charge in [-0.2, -0.15) is 4.98 Å². The van der Waals surface area contributed by atoms with Crippen molar-refractivity contribution in [1.29, 1.82) is 0 Å². The number of nitrogens with zero attached hydrogens (tertiary/aromatic N) is 5. The van der Waals surface area contributed by atoms with Crippen molar-refractivity contribution in [3.63, 3.8) is 0 Å². The van der Waals surface area contributed by atoms with Gasteiger partial charge in [0.15, 0.2) is 5.82 Å². The summed E-state index contributed by atoms with van der Waals surface area (Å²) in [7, 11) is 0. The number of piperazine rings is 1. The van der Waals surface area contributed by atoms with E-state index in [1.807, 2.05) is 49.9 Å². The van der Waals surface area contributed by atoms with Crippen molar-refractivity contribution in [3.8, 4) is 11.5 Å². The molecule has 0 atom stereocenters. The molecule has 0 saturated carbocycles. The average molecular weight is 427 g/mol. The molecule has 1 aromatic carbocycles. The van der Waals surface area contributed by atoms with Gasteiger partial charge in [-0.05, 0) is 31.2 Å². The van der Waals surface area contributed by atoms with Crippen molar-refractivity contribution < 1.29 is 9.32 Å². The molecule has 158 valence electrons. The van der Waals surface area contributed by atoms with Gasteiger partial charge in [0.2, 0.25) is 0 Å². The maximum atomic E-state index is 12.6. The lowest BCUT2D eigenvalue weighted by atomic mass is 10.2. The molecular formula is C21H26N6O2S. The van der Waals surface area contributed by atoms with Crippen LogP contribution in [0.15, 0.2) is 34.2 Å². The molecule has 3 heterocycles. The van der Waals surface area contributed by atoms with E-state index in [-0.39, 0.29) is 11.9 Å². The van der Waals surface area contributed by atoms with E-state index in [1.54, 1.807) is 11.3 Å². The summed E-state index contributed by atoms with van der Waals surface area (Å²) < 4.78 is 5.32.